The SMILES string of the molecule is COc1cc(OC)cc(-c2ccc(N)c(C)c2)c1. The van der Waals surface area contributed by atoms with Gasteiger partial charge in [0.2, 0.25) is 0 Å². The van der Waals surface area contributed by atoms with Crippen molar-refractivity contribution in [2.24, 2.45) is 0 Å². The predicted octanol–water partition coefficient (Wildman–Crippen LogP) is 3.26. The molecular formula is C15H17NO2. The molecule has 0 aliphatic heterocycles. The number of benzene rings is 2. The van der Waals surface area contributed by atoms with E-state index < -0.39 is 0 Å². The van der Waals surface area contributed by atoms with Gasteiger partial charge in [-0.1, -0.05) is 6.07 Å². The summed E-state index contributed by atoms with van der Waals surface area (Å²) in [6.45, 7) is 2.00. The van der Waals surface area contributed by atoms with E-state index in [1.807, 2.05) is 37.3 Å². The van der Waals surface area contributed by atoms with E-state index in [2.05, 4.69) is 6.07 Å². The summed E-state index contributed by atoms with van der Waals surface area (Å²) >= 11 is 0. The van der Waals surface area contributed by atoms with E-state index in [9.17, 15) is 0 Å². The van der Waals surface area contributed by atoms with Gasteiger partial charge in [0.15, 0.2) is 0 Å². The fourth-order valence-electron chi connectivity index (χ4n) is 1.83. The van der Waals surface area contributed by atoms with Gasteiger partial charge in [0.05, 0.1) is 14.2 Å². The van der Waals surface area contributed by atoms with Gasteiger partial charge in [0, 0.05) is 11.8 Å². The van der Waals surface area contributed by atoms with Crippen molar-refractivity contribution in [3.05, 3.63) is 42.0 Å². The maximum absolute atomic E-state index is 5.83. The molecule has 0 atom stereocenters. The molecule has 0 bridgehead atoms. The number of nitrogens with two attached hydrogens (primary N) is 1. The first-order chi connectivity index (χ1) is 8.63. The molecular weight excluding hydrogens is 226 g/mol. The summed E-state index contributed by atoms with van der Waals surface area (Å²) in [5.74, 6) is 1.55. The van der Waals surface area contributed by atoms with Gasteiger partial charge in [0.25, 0.3) is 0 Å². The normalized spacial score (nSPS) is 10.2. The van der Waals surface area contributed by atoms with Gasteiger partial charge in [-0.15, -0.1) is 0 Å². The van der Waals surface area contributed by atoms with Crippen molar-refractivity contribution < 1.29 is 9.47 Å². The highest BCUT2D eigenvalue weighted by atomic mass is 16.5. The molecule has 0 unspecified atom stereocenters. The van der Waals surface area contributed by atoms with Crippen LogP contribution in [0, 0.1) is 6.92 Å². The lowest BCUT2D eigenvalue weighted by Gasteiger charge is -2.10. The average molecular weight is 243 g/mol. The van der Waals surface area contributed by atoms with E-state index in [1.165, 1.54) is 0 Å². The Kier molecular flexibility index (Phi) is 3.42. The molecule has 2 aromatic rings. The number of nitrogen functional groups attached to an aromatic ring is 1. The Balaban J connectivity index is 2.51. The number of ether oxygens (including phenoxy) is 2. The summed E-state index contributed by atoms with van der Waals surface area (Å²) < 4.78 is 10.5. The van der Waals surface area contributed by atoms with Gasteiger partial charge < -0.3 is 15.2 Å². The lowest BCUT2D eigenvalue weighted by Crippen LogP contribution is -1.91. The lowest BCUT2D eigenvalue weighted by atomic mass is 10.0. The van der Waals surface area contributed by atoms with Crippen LogP contribution in [0.2, 0.25) is 0 Å². The summed E-state index contributed by atoms with van der Waals surface area (Å²) in [5, 5.41) is 0. The highest BCUT2D eigenvalue weighted by molar-refractivity contribution is 5.70. The molecule has 2 rings (SSSR count). The van der Waals surface area contributed by atoms with Crippen LogP contribution in [0.25, 0.3) is 11.1 Å². The average Bonchev–Trinajstić information content (AvgIpc) is 2.41. The minimum Gasteiger partial charge on any atom is -0.497 e. The number of hydrogen-bond acceptors (Lipinski definition) is 3. The van der Waals surface area contributed by atoms with Crippen LogP contribution in [0.15, 0.2) is 36.4 Å². The molecule has 94 valence electrons. The minimum atomic E-state index is 0.777. The van der Waals surface area contributed by atoms with Crippen LogP contribution in [0.3, 0.4) is 0 Å². The summed E-state index contributed by atoms with van der Waals surface area (Å²) in [7, 11) is 3.29. The van der Waals surface area contributed by atoms with Crippen LogP contribution in [0.4, 0.5) is 5.69 Å². The summed E-state index contributed by atoms with van der Waals surface area (Å²) in [5.41, 5.74) is 9.84. The molecule has 3 heteroatoms. The number of hydrogen-bond donors (Lipinski definition) is 1. The van der Waals surface area contributed by atoms with Crippen molar-refractivity contribution in [3.63, 3.8) is 0 Å². The Morgan fingerprint density at radius 1 is 0.833 bits per heavy atom. The fraction of sp³-hybridized carbons (Fsp3) is 0.200. The van der Waals surface area contributed by atoms with Gasteiger partial charge >= 0.3 is 0 Å². The molecule has 3 nitrogen and oxygen atoms in total. The van der Waals surface area contributed by atoms with Gasteiger partial charge in [-0.05, 0) is 47.9 Å². The second kappa shape index (κ2) is 5.00. The first-order valence-corrected chi connectivity index (χ1v) is 5.73. The minimum absolute atomic E-state index is 0.777. The molecule has 2 N–H and O–H groups in total. The molecule has 18 heavy (non-hydrogen) atoms. The smallest absolute Gasteiger partial charge is 0.123 e. The van der Waals surface area contributed by atoms with Gasteiger partial charge in [-0.3, -0.25) is 0 Å². The van der Waals surface area contributed by atoms with E-state index in [1.54, 1.807) is 14.2 Å². The largest absolute Gasteiger partial charge is 0.497 e. The fourth-order valence-corrected chi connectivity index (χ4v) is 1.83. The molecule has 0 aromatic heterocycles. The van der Waals surface area contributed by atoms with E-state index in [0.29, 0.717) is 0 Å². The topological polar surface area (TPSA) is 44.5 Å². The van der Waals surface area contributed by atoms with E-state index in [4.69, 9.17) is 15.2 Å². The molecule has 0 heterocycles. The summed E-state index contributed by atoms with van der Waals surface area (Å²) in [4.78, 5) is 0. The van der Waals surface area contributed by atoms with Gasteiger partial charge in [-0.25, -0.2) is 0 Å². The second-order valence-electron chi connectivity index (χ2n) is 4.17. The van der Waals surface area contributed by atoms with Crippen molar-refractivity contribution >= 4 is 5.69 Å². The molecule has 0 aliphatic rings. The standard InChI is InChI=1S/C15H17NO2/c1-10-6-11(4-5-15(10)16)12-7-13(17-2)9-14(8-12)18-3/h4-9H,16H2,1-3H3. The monoisotopic (exact) mass is 243 g/mol. The van der Waals surface area contributed by atoms with Crippen LogP contribution in [-0.2, 0) is 0 Å². The van der Waals surface area contributed by atoms with Crippen molar-refractivity contribution in [2.45, 2.75) is 6.92 Å². The second-order valence-corrected chi connectivity index (χ2v) is 4.17. The van der Waals surface area contributed by atoms with Crippen molar-refractivity contribution in [1.82, 2.24) is 0 Å². The molecule has 0 fully saturated rings. The van der Waals surface area contributed by atoms with E-state index >= 15 is 0 Å². The van der Waals surface area contributed by atoms with Crippen LogP contribution in [-0.4, -0.2) is 14.2 Å². The predicted molar refractivity (Wildman–Crippen MR) is 74.1 cm³/mol. The Morgan fingerprint density at radius 3 is 1.94 bits per heavy atom. The molecule has 0 amide bonds. The number of rotatable bonds is 3. The Morgan fingerprint density at radius 2 is 1.44 bits per heavy atom. The quantitative estimate of drug-likeness (QED) is 0.841. The van der Waals surface area contributed by atoms with Crippen molar-refractivity contribution in [1.29, 1.82) is 0 Å². The maximum Gasteiger partial charge on any atom is 0.123 e. The third-order valence-corrected chi connectivity index (χ3v) is 2.95. The Bertz CT molecular complexity index is 542. The maximum atomic E-state index is 5.83. The van der Waals surface area contributed by atoms with Crippen molar-refractivity contribution in [3.8, 4) is 22.6 Å². The zero-order chi connectivity index (χ0) is 13.1. The third-order valence-electron chi connectivity index (χ3n) is 2.95. The first kappa shape index (κ1) is 12.3. The Labute approximate surface area is 107 Å². The van der Waals surface area contributed by atoms with Crippen LogP contribution in [0.5, 0.6) is 11.5 Å². The summed E-state index contributed by atoms with van der Waals surface area (Å²) in [6, 6.07) is 11.8. The van der Waals surface area contributed by atoms with Crippen LogP contribution < -0.4 is 15.2 Å². The molecule has 0 saturated carbocycles. The third kappa shape index (κ3) is 2.40. The molecule has 0 radical (unpaired) electrons. The Hall–Kier alpha value is -2.16. The van der Waals surface area contributed by atoms with E-state index in [-0.39, 0.29) is 0 Å². The zero-order valence-electron chi connectivity index (χ0n) is 10.9. The van der Waals surface area contributed by atoms with E-state index in [0.717, 1.165) is 33.9 Å². The highest BCUT2D eigenvalue weighted by Gasteiger charge is 2.05. The lowest BCUT2D eigenvalue weighted by molar-refractivity contribution is 0.394. The van der Waals surface area contributed by atoms with Gasteiger partial charge in [0.1, 0.15) is 11.5 Å². The highest BCUT2D eigenvalue weighted by Crippen LogP contribution is 2.31. The number of anilines is 1. The molecule has 0 spiro atoms. The number of aryl methyl sites for hydroxylation is 1. The number of methoxy groups -OCH3 is 2. The van der Waals surface area contributed by atoms with Crippen molar-refractivity contribution in [2.75, 3.05) is 20.0 Å². The molecule has 0 saturated heterocycles. The molecule has 2 aromatic carbocycles. The summed E-state index contributed by atoms with van der Waals surface area (Å²) in [6.07, 6.45) is 0. The zero-order valence-corrected chi connectivity index (χ0v) is 10.9. The first-order valence-electron chi connectivity index (χ1n) is 5.73. The van der Waals surface area contributed by atoms with Gasteiger partial charge in [-0.2, -0.15) is 0 Å². The molecule has 0 aliphatic carbocycles. The van der Waals surface area contributed by atoms with Crippen LogP contribution >= 0.6 is 0 Å². The van der Waals surface area contributed by atoms with Crippen LogP contribution in [0.1, 0.15) is 5.56 Å².